The predicted octanol–water partition coefficient (Wildman–Crippen LogP) is 3.19. The van der Waals surface area contributed by atoms with Crippen LogP contribution < -0.4 is 21.1 Å². The molecule has 0 radical (unpaired) electrons. The monoisotopic (exact) mass is 446 g/mol. The fourth-order valence-electron chi connectivity index (χ4n) is 4.19. The van der Waals surface area contributed by atoms with Crippen molar-refractivity contribution < 1.29 is 9.26 Å². The van der Waals surface area contributed by atoms with E-state index in [0.717, 1.165) is 38.0 Å². The maximum atomic E-state index is 9.51. The number of benzene rings is 2. The number of fused-ring (bicyclic) bond motifs is 1. The first-order chi connectivity index (χ1) is 16.1. The Morgan fingerprint density at radius 1 is 1.24 bits per heavy atom. The van der Waals surface area contributed by atoms with Gasteiger partial charge in [-0.2, -0.15) is 10.2 Å². The largest absolute Gasteiger partial charge is 0.490 e. The quantitative estimate of drug-likeness (QED) is 0.406. The van der Waals surface area contributed by atoms with Crippen LogP contribution in [0.4, 0.5) is 0 Å². The van der Waals surface area contributed by atoms with Crippen molar-refractivity contribution >= 4 is 0 Å². The van der Waals surface area contributed by atoms with Gasteiger partial charge >= 0.3 is 0 Å². The van der Waals surface area contributed by atoms with Crippen LogP contribution in [0.1, 0.15) is 43.0 Å². The summed E-state index contributed by atoms with van der Waals surface area (Å²) in [5.41, 5.74) is 10.2. The number of hydrogen-bond donors (Lipinski definition) is 3. The molecule has 8 nitrogen and oxygen atoms in total. The molecule has 0 fully saturated rings. The van der Waals surface area contributed by atoms with Gasteiger partial charge in [0.1, 0.15) is 11.8 Å². The molecule has 0 amide bonds. The van der Waals surface area contributed by atoms with Gasteiger partial charge in [-0.05, 0) is 56.0 Å². The van der Waals surface area contributed by atoms with Crippen molar-refractivity contribution in [3.8, 4) is 34.7 Å². The smallest absolute Gasteiger partial charge is 0.258 e. The maximum absolute atomic E-state index is 9.51. The molecule has 8 heteroatoms. The maximum Gasteiger partial charge on any atom is 0.258 e. The van der Waals surface area contributed by atoms with E-state index >= 15 is 0 Å². The highest BCUT2D eigenvalue weighted by molar-refractivity contribution is 5.67. The number of ether oxygens (including phenoxy) is 1. The summed E-state index contributed by atoms with van der Waals surface area (Å²) in [6, 6.07) is 14.1. The minimum absolute atomic E-state index is 0.0151. The van der Waals surface area contributed by atoms with Crippen LogP contribution in [0.15, 0.2) is 40.9 Å². The first-order valence-electron chi connectivity index (χ1n) is 11.4. The Hall–Kier alpha value is -3.25. The van der Waals surface area contributed by atoms with E-state index in [2.05, 4.69) is 32.9 Å². The van der Waals surface area contributed by atoms with Crippen LogP contribution in [0.3, 0.4) is 0 Å². The molecule has 0 saturated carbocycles. The van der Waals surface area contributed by atoms with E-state index < -0.39 is 0 Å². The summed E-state index contributed by atoms with van der Waals surface area (Å²) in [4.78, 5) is 4.64. The zero-order chi connectivity index (χ0) is 23.2. The second-order valence-corrected chi connectivity index (χ2v) is 8.37. The van der Waals surface area contributed by atoms with Crippen LogP contribution in [0.25, 0.3) is 22.8 Å². The van der Waals surface area contributed by atoms with Gasteiger partial charge in [0, 0.05) is 43.3 Å². The van der Waals surface area contributed by atoms with E-state index in [0.29, 0.717) is 41.2 Å². The molecular formula is C25H30N6O2. The number of nitrogens with zero attached hydrogens (tertiary/aromatic N) is 3. The highest BCUT2D eigenvalue weighted by atomic mass is 16.5. The van der Waals surface area contributed by atoms with Crippen molar-refractivity contribution in [2.75, 3.05) is 26.2 Å². The fourth-order valence-corrected chi connectivity index (χ4v) is 4.19. The molecule has 33 heavy (non-hydrogen) atoms. The number of nitriles is 1. The van der Waals surface area contributed by atoms with Gasteiger partial charge in [-0.3, -0.25) is 0 Å². The number of nitrogens with two attached hydrogens (primary N) is 1. The van der Waals surface area contributed by atoms with Crippen molar-refractivity contribution in [3.63, 3.8) is 0 Å². The van der Waals surface area contributed by atoms with Gasteiger partial charge in [-0.25, -0.2) is 0 Å². The van der Waals surface area contributed by atoms with Crippen molar-refractivity contribution in [1.82, 2.24) is 20.8 Å². The van der Waals surface area contributed by atoms with Crippen LogP contribution in [-0.2, 0) is 6.42 Å². The van der Waals surface area contributed by atoms with Gasteiger partial charge < -0.3 is 25.6 Å². The third kappa shape index (κ3) is 5.22. The molecule has 1 aromatic heterocycles. The Morgan fingerprint density at radius 2 is 2.12 bits per heavy atom. The molecule has 1 unspecified atom stereocenters. The van der Waals surface area contributed by atoms with Gasteiger partial charge in [-0.1, -0.05) is 23.4 Å². The first-order valence-corrected chi connectivity index (χ1v) is 11.4. The average Bonchev–Trinajstić information content (AvgIpc) is 3.46. The summed E-state index contributed by atoms with van der Waals surface area (Å²) >= 11 is 0. The fraction of sp³-hybridized carbons (Fsp3) is 0.400. The van der Waals surface area contributed by atoms with Crippen LogP contribution in [-0.4, -0.2) is 42.4 Å². The molecule has 1 aliphatic rings. The normalized spacial score (nSPS) is 14.9. The zero-order valence-electron chi connectivity index (χ0n) is 19.1. The molecule has 4 N–H and O–H groups in total. The summed E-state index contributed by atoms with van der Waals surface area (Å²) in [5, 5.41) is 20.7. The topological polar surface area (TPSA) is 122 Å². The molecule has 0 saturated heterocycles. The number of hydrogen-bond acceptors (Lipinski definition) is 8. The summed E-state index contributed by atoms with van der Waals surface area (Å²) in [7, 11) is 0. The Bertz CT molecular complexity index is 1130. The van der Waals surface area contributed by atoms with Crippen LogP contribution in [0.5, 0.6) is 5.75 Å². The molecule has 172 valence electrons. The minimum atomic E-state index is -0.0151. The molecule has 0 aliphatic heterocycles. The molecule has 1 aliphatic carbocycles. The number of rotatable bonds is 10. The van der Waals surface area contributed by atoms with E-state index in [1.807, 2.05) is 32.0 Å². The highest BCUT2D eigenvalue weighted by Crippen LogP contribution is 2.37. The SMILES string of the molecule is CC(C)Oc1ccc(-c2nc(-c3cccc4c3CCC4NCCNCCN)no2)cc1C#N. The standard InChI is InChI=1S/C25H30N6O2/c1-16(2)32-23-9-6-17(14-18(23)15-27)25-30-24(31-33-25)21-5-3-4-20-19(21)7-8-22(20)29-13-12-28-11-10-26/h3-6,9,14,16,22,28-29H,7-8,10-13,26H2,1-2H3. The lowest BCUT2D eigenvalue weighted by atomic mass is 10.0. The van der Waals surface area contributed by atoms with Crippen LogP contribution in [0.2, 0.25) is 0 Å². The molecule has 3 aromatic rings. The molecule has 2 aromatic carbocycles. The molecular weight excluding hydrogens is 416 g/mol. The van der Waals surface area contributed by atoms with E-state index in [9.17, 15) is 5.26 Å². The average molecular weight is 447 g/mol. The minimum Gasteiger partial charge on any atom is -0.490 e. The summed E-state index contributed by atoms with van der Waals surface area (Å²) < 4.78 is 11.3. The van der Waals surface area contributed by atoms with Gasteiger partial charge in [0.2, 0.25) is 5.82 Å². The van der Waals surface area contributed by atoms with Gasteiger partial charge in [0.05, 0.1) is 11.7 Å². The molecule has 1 heterocycles. The van der Waals surface area contributed by atoms with E-state index in [1.165, 1.54) is 11.1 Å². The van der Waals surface area contributed by atoms with E-state index in [1.54, 1.807) is 12.1 Å². The first kappa shape index (κ1) is 22.9. The molecule has 1 atom stereocenters. The summed E-state index contributed by atoms with van der Waals surface area (Å²) in [6.07, 6.45) is 1.98. The molecule has 0 spiro atoms. The molecule has 4 rings (SSSR count). The Balaban J connectivity index is 1.53. The third-order valence-electron chi connectivity index (χ3n) is 5.66. The van der Waals surface area contributed by atoms with Crippen LogP contribution >= 0.6 is 0 Å². The van der Waals surface area contributed by atoms with Gasteiger partial charge in [-0.15, -0.1) is 0 Å². The van der Waals surface area contributed by atoms with Crippen LogP contribution in [0, 0.1) is 11.3 Å². The van der Waals surface area contributed by atoms with Crippen molar-refractivity contribution in [2.24, 2.45) is 5.73 Å². The zero-order valence-corrected chi connectivity index (χ0v) is 19.1. The molecule has 0 bridgehead atoms. The lowest BCUT2D eigenvalue weighted by Crippen LogP contribution is -2.32. The predicted molar refractivity (Wildman–Crippen MR) is 127 cm³/mol. The number of aromatic nitrogens is 2. The Morgan fingerprint density at radius 3 is 2.91 bits per heavy atom. The third-order valence-corrected chi connectivity index (χ3v) is 5.66. The summed E-state index contributed by atoms with van der Waals surface area (Å²) in [6.45, 7) is 7.11. The lowest BCUT2D eigenvalue weighted by molar-refractivity contribution is 0.241. The Kier molecular flexibility index (Phi) is 7.35. The Labute approximate surface area is 194 Å². The van der Waals surface area contributed by atoms with Crippen molar-refractivity contribution in [1.29, 1.82) is 5.26 Å². The van der Waals surface area contributed by atoms with E-state index in [-0.39, 0.29) is 6.10 Å². The number of nitrogens with one attached hydrogen (secondary N) is 2. The van der Waals surface area contributed by atoms with Crippen molar-refractivity contribution in [2.45, 2.75) is 38.8 Å². The lowest BCUT2D eigenvalue weighted by Gasteiger charge is -2.14. The summed E-state index contributed by atoms with van der Waals surface area (Å²) in [5.74, 6) is 1.50. The van der Waals surface area contributed by atoms with Gasteiger partial charge in [0.25, 0.3) is 5.89 Å². The van der Waals surface area contributed by atoms with E-state index in [4.69, 9.17) is 15.0 Å². The second kappa shape index (κ2) is 10.6. The highest BCUT2D eigenvalue weighted by Gasteiger charge is 2.26. The second-order valence-electron chi connectivity index (χ2n) is 8.37. The van der Waals surface area contributed by atoms with Gasteiger partial charge in [0.15, 0.2) is 0 Å². The van der Waals surface area contributed by atoms with Crippen molar-refractivity contribution in [3.05, 3.63) is 53.1 Å².